The first kappa shape index (κ1) is 13.1. The minimum Gasteiger partial charge on any atom is -0.302 e. The quantitative estimate of drug-likeness (QED) is 0.837. The van der Waals surface area contributed by atoms with Gasteiger partial charge >= 0.3 is 0 Å². The molecule has 1 atom stereocenters. The maximum absolute atomic E-state index is 11.6. The molecule has 2 aliphatic heterocycles. The van der Waals surface area contributed by atoms with Gasteiger partial charge in [-0.25, -0.2) is 8.42 Å². The highest BCUT2D eigenvalue weighted by atomic mass is 32.2. The predicted octanol–water partition coefficient (Wildman–Crippen LogP) is 1.31. The molecule has 104 valence electrons. The summed E-state index contributed by atoms with van der Waals surface area (Å²) in [7, 11) is -2.76. The Labute approximate surface area is 114 Å². The third kappa shape index (κ3) is 3.15. The highest BCUT2D eigenvalue weighted by Crippen LogP contribution is 2.29. The molecule has 0 amide bonds. The number of aromatic nitrogens is 1. The van der Waals surface area contributed by atoms with Crippen LogP contribution in [0.2, 0.25) is 0 Å². The van der Waals surface area contributed by atoms with E-state index in [0.29, 0.717) is 23.3 Å². The summed E-state index contributed by atoms with van der Waals surface area (Å²) < 4.78 is 23.2. The summed E-state index contributed by atoms with van der Waals surface area (Å²) in [4.78, 5) is 6.53. The Morgan fingerprint density at radius 3 is 2.89 bits per heavy atom. The summed E-state index contributed by atoms with van der Waals surface area (Å²) in [5, 5.41) is 0. The first-order valence-corrected chi connectivity index (χ1v) is 8.77. The summed E-state index contributed by atoms with van der Waals surface area (Å²) in [5.41, 5.74) is 1.30. The van der Waals surface area contributed by atoms with E-state index in [2.05, 4.69) is 16.0 Å². The van der Waals surface area contributed by atoms with Gasteiger partial charge in [0.1, 0.15) is 0 Å². The van der Waals surface area contributed by atoms with Crippen molar-refractivity contribution in [2.24, 2.45) is 5.92 Å². The van der Waals surface area contributed by atoms with Gasteiger partial charge in [0, 0.05) is 37.9 Å². The first-order valence-electron chi connectivity index (χ1n) is 6.95. The number of pyridine rings is 1. The van der Waals surface area contributed by atoms with Crippen LogP contribution in [-0.2, 0) is 9.84 Å². The molecule has 2 saturated heterocycles. The molecule has 1 aromatic rings. The van der Waals surface area contributed by atoms with Gasteiger partial charge in [-0.3, -0.25) is 4.98 Å². The molecule has 5 heteroatoms. The van der Waals surface area contributed by atoms with E-state index < -0.39 is 9.84 Å². The van der Waals surface area contributed by atoms with Crippen molar-refractivity contribution < 1.29 is 8.42 Å². The Hall–Kier alpha value is -0.940. The Morgan fingerprint density at radius 2 is 2.21 bits per heavy atom. The fourth-order valence-corrected chi connectivity index (χ4v) is 4.94. The van der Waals surface area contributed by atoms with E-state index in [9.17, 15) is 8.42 Å². The maximum atomic E-state index is 11.6. The normalized spacial score (nSPS) is 27.9. The molecule has 3 heterocycles. The lowest BCUT2D eigenvalue weighted by Crippen LogP contribution is -2.48. The van der Waals surface area contributed by atoms with Crippen LogP contribution < -0.4 is 0 Å². The van der Waals surface area contributed by atoms with Crippen LogP contribution in [0.4, 0.5) is 0 Å². The van der Waals surface area contributed by atoms with Gasteiger partial charge in [-0.2, -0.15) is 0 Å². The molecule has 19 heavy (non-hydrogen) atoms. The van der Waals surface area contributed by atoms with E-state index in [1.165, 1.54) is 5.56 Å². The summed E-state index contributed by atoms with van der Waals surface area (Å²) >= 11 is 0. The van der Waals surface area contributed by atoms with Gasteiger partial charge in [-0.1, -0.05) is 6.07 Å². The van der Waals surface area contributed by atoms with Crippen molar-refractivity contribution in [3.05, 3.63) is 30.1 Å². The van der Waals surface area contributed by atoms with Crippen molar-refractivity contribution in [2.45, 2.75) is 18.8 Å². The molecule has 0 bridgehead atoms. The van der Waals surface area contributed by atoms with Crippen LogP contribution in [0.5, 0.6) is 0 Å². The molecule has 0 N–H and O–H groups in total. The first-order chi connectivity index (χ1) is 9.12. The van der Waals surface area contributed by atoms with E-state index in [1.807, 2.05) is 12.3 Å². The SMILES string of the molecule is O=S1(=O)CCCC(CN2CC(c3cccnc3)C2)C1. The fraction of sp³-hybridized carbons (Fsp3) is 0.643. The van der Waals surface area contributed by atoms with Crippen LogP contribution >= 0.6 is 0 Å². The van der Waals surface area contributed by atoms with Gasteiger partial charge in [0.15, 0.2) is 9.84 Å². The van der Waals surface area contributed by atoms with Crippen molar-refractivity contribution in [1.82, 2.24) is 9.88 Å². The number of sulfone groups is 1. The molecule has 4 nitrogen and oxygen atoms in total. The Kier molecular flexibility index (Phi) is 3.58. The molecule has 2 aliphatic rings. The molecule has 3 rings (SSSR count). The zero-order valence-electron chi connectivity index (χ0n) is 11.0. The zero-order valence-corrected chi connectivity index (χ0v) is 11.8. The largest absolute Gasteiger partial charge is 0.302 e. The lowest BCUT2D eigenvalue weighted by Gasteiger charge is -2.41. The molecule has 0 aliphatic carbocycles. The number of likely N-dealkylation sites (tertiary alicyclic amines) is 1. The average molecular weight is 280 g/mol. The Balaban J connectivity index is 1.49. The molecule has 1 aromatic heterocycles. The zero-order chi connectivity index (χ0) is 13.3. The van der Waals surface area contributed by atoms with E-state index in [4.69, 9.17) is 0 Å². The monoisotopic (exact) mass is 280 g/mol. The summed E-state index contributed by atoms with van der Waals surface area (Å²) in [6.45, 7) is 3.03. The van der Waals surface area contributed by atoms with Crippen LogP contribution in [-0.4, -0.2) is 49.4 Å². The topological polar surface area (TPSA) is 50.3 Å². The molecule has 2 fully saturated rings. The van der Waals surface area contributed by atoms with Crippen LogP contribution in [0, 0.1) is 5.92 Å². The minimum absolute atomic E-state index is 0.341. The maximum Gasteiger partial charge on any atom is 0.150 e. The van der Waals surface area contributed by atoms with Crippen LogP contribution in [0.1, 0.15) is 24.3 Å². The second-order valence-corrected chi connectivity index (χ2v) is 8.05. The van der Waals surface area contributed by atoms with Crippen molar-refractivity contribution in [2.75, 3.05) is 31.1 Å². The van der Waals surface area contributed by atoms with E-state index >= 15 is 0 Å². The molecule has 1 unspecified atom stereocenters. The molecule has 0 radical (unpaired) electrons. The predicted molar refractivity (Wildman–Crippen MR) is 74.8 cm³/mol. The van der Waals surface area contributed by atoms with Gasteiger partial charge in [0.05, 0.1) is 11.5 Å². The average Bonchev–Trinajstić information content (AvgIpc) is 2.33. The van der Waals surface area contributed by atoms with Gasteiger partial charge in [-0.05, 0) is 30.4 Å². The number of nitrogens with zero attached hydrogens (tertiary/aromatic N) is 2. The van der Waals surface area contributed by atoms with Crippen molar-refractivity contribution >= 4 is 9.84 Å². The summed E-state index contributed by atoms with van der Waals surface area (Å²) in [6, 6.07) is 4.10. The lowest BCUT2D eigenvalue weighted by molar-refractivity contribution is 0.124. The van der Waals surface area contributed by atoms with Gasteiger partial charge < -0.3 is 4.90 Å². The standard InChI is InChI=1S/C14H20N2O2S/c17-19(18)6-2-3-12(11-19)8-16-9-14(10-16)13-4-1-5-15-7-13/h1,4-5,7,12,14H,2-3,6,8-11H2. The second-order valence-electron chi connectivity index (χ2n) is 5.82. The van der Waals surface area contributed by atoms with Crippen LogP contribution in [0.15, 0.2) is 24.5 Å². The third-order valence-corrected chi connectivity index (χ3v) is 6.08. The third-order valence-electron chi connectivity index (χ3n) is 4.19. The highest BCUT2D eigenvalue weighted by molar-refractivity contribution is 7.91. The summed E-state index contributed by atoms with van der Waals surface area (Å²) in [5.74, 6) is 1.70. The smallest absolute Gasteiger partial charge is 0.150 e. The second kappa shape index (κ2) is 5.21. The molecule has 0 aromatic carbocycles. The molecular weight excluding hydrogens is 260 g/mol. The fourth-order valence-electron chi connectivity index (χ4n) is 3.17. The Bertz CT molecular complexity index is 524. The van der Waals surface area contributed by atoms with E-state index in [1.54, 1.807) is 6.20 Å². The van der Waals surface area contributed by atoms with Crippen LogP contribution in [0.3, 0.4) is 0 Å². The number of hydrogen-bond donors (Lipinski definition) is 0. The molecule has 0 spiro atoms. The van der Waals surface area contributed by atoms with Gasteiger partial charge in [-0.15, -0.1) is 0 Å². The lowest BCUT2D eigenvalue weighted by atomic mass is 9.91. The van der Waals surface area contributed by atoms with E-state index in [-0.39, 0.29) is 0 Å². The van der Waals surface area contributed by atoms with Crippen molar-refractivity contribution in [3.63, 3.8) is 0 Å². The van der Waals surface area contributed by atoms with Crippen molar-refractivity contribution in [1.29, 1.82) is 0 Å². The number of rotatable bonds is 3. The summed E-state index contributed by atoms with van der Waals surface area (Å²) in [6.07, 6.45) is 5.64. The Morgan fingerprint density at radius 1 is 1.37 bits per heavy atom. The molecular formula is C14H20N2O2S. The number of hydrogen-bond acceptors (Lipinski definition) is 4. The van der Waals surface area contributed by atoms with Gasteiger partial charge in [0.2, 0.25) is 0 Å². The van der Waals surface area contributed by atoms with E-state index in [0.717, 1.165) is 32.5 Å². The van der Waals surface area contributed by atoms with Crippen LogP contribution in [0.25, 0.3) is 0 Å². The van der Waals surface area contributed by atoms with Gasteiger partial charge in [0.25, 0.3) is 0 Å². The minimum atomic E-state index is -2.76. The molecule has 0 saturated carbocycles. The highest BCUT2D eigenvalue weighted by Gasteiger charge is 2.32. The van der Waals surface area contributed by atoms with Crippen molar-refractivity contribution in [3.8, 4) is 0 Å².